The summed E-state index contributed by atoms with van der Waals surface area (Å²) in [5.41, 5.74) is 0.925. The highest BCUT2D eigenvalue weighted by Gasteiger charge is 2.29. The van der Waals surface area contributed by atoms with E-state index in [2.05, 4.69) is 41.4 Å². The monoisotopic (exact) mass is 451 g/mol. The summed E-state index contributed by atoms with van der Waals surface area (Å²) in [6.45, 7) is 4.82. The number of hydrogen-bond donors (Lipinski definition) is 1. The van der Waals surface area contributed by atoms with E-state index >= 15 is 0 Å². The lowest BCUT2D eigenvalue weighted by Gasteiger charge is -2.18. The molecule has 2 aromatic rings. The van der Waals surface area contributed by atoms with E-state index in [4.69, 9.17) is 13.6 Å². The molecule has 23 heavy (non-hydrogen) atoms. The second-order valence-electron chi connectivity index (χ2n) is 5.25. The van der Waals surface area contributed by atoms with Gasteiger partial charge in [0, 0.05) is 20.7 Å². The maximum absolute atomic E-state index is 12.9. The summed E-state index contributed by atoms with van der Waals surface area (Å²) < 4.78 is 30.6. The molecule has 1 aromatic heterocycles. The van der Waals surface area contributed by atoms with Gasteiger partial charge in [-0.2, -0.15) is 0 Å². The zero-order chi connectivity index (χ0) is 16.7. The third kappa shape index (κ3) is 5.48. The van der Waals surface area contributed by atoms with Gasteiger partial charge in [0.15, 0.2) is 5.75 Å². The number of halogens is 1. The second kappa shape index (κ2) is 9.06. The molecule has 0 amide bonds. The van der Waals surface area contributed by atoms with Gasteiger partial charge in [0.25, 0.3) is 0 Å². The lowest BCUT2D eigenvalue weighted by molar-refractivity contribution is 0.152. The fraction of sp³-hybridized carbons (Fsp3) is 0.500. The van der Waals surface area contributed by atoms with Crippen molar-refractivity contribution in [2.45, 2.75) is 39.5 Å². The van der Waals surface area contributed by atoms with E-state index in [-0.39, 0.29) is 0 Å². The zero-order valence-electron chi connectivity index (χ0n) is 13.5. The quantitative estimate of drug-likeness (QED) is 0.278. The molecule has 0 saturated carbocycles. The van der Waals surface area contributed by atoms with Gasteiger partial charge in [0.1, 0.15) is 0 Å². The molecule has 2 rings (SSSR count). The van der Waals surface area contributed by atoms with Crippen LogP contribution >= 0.6 is 30.4 Å². The van der Waals surface area contributed by atoms with Crippen molar-refractivity contribution in [3.63, 3.8) is 0 Å². The Kier molecular flexibility index (Phi) is 7.40. The maximum atomic E-state index is 12.9. The van der Waals surface area contributed by atoms with Crippen molar-refractivity contribution in [3.8, 4) is 5.75 Å². The van der Waals surface area contributed by atoms with Crippen molar-refractivity contribution in [1.82, 2.24) is 4.98 Å². The van der Waals surface area contributed by atoms with Gasteiger partial charge < -0.3 is 9.51 Å². The summed E-state index contributed by atoms with van der Waals surface area (Å²) >= 11 is 2.23. The van der Waals surface area contributed by atoms with Gasteiger partial charge in [-0.1, -0.05) is 26.7 Å². The van der Waals surface area contributed by atoms with Gasteiger partial charge in [-0.05, 0) is 53.6 Å². The Morgan fingerprint density at radius 1 is 1.13 bits per heavy atom. The van der Waals surface area contributed by atoms with Gasteiger partial charge in [-0.25, -0.2) is 4.57 Å². The molecular weight excluding hydrogens is 428 g/mol. The summed E-state index contributed by atoms with van der Waals surface area (Å²) in [7, 11) is -3.61. The predicted octanol–water partition coefficient (Wildman–Crippen LogP) is 5.89. The number of nitrogens with one attached hydrogen (secondary N) is 1. The zero-order valence-corrected chi connectivity index (χ0v) is 16.6. The summed E-state index contributed by atoms with van der Waals surface area (Å²) in [4.78, 5) is 3.11. The number of aromatic nitrogens is 1. The number of unbranched alkanes of at least 4 members (excludes halogenated alkanes) is 2. The van der Waals surface area contributed by atoms with Crippen LogP contribution in [0.3, 0.4) is 0 Å². The smallest absolute Gasteiger partial charge is 0.402 e. The van der Waals surface area contributed by atoms with E-state index in [1.807, 2.05) is 18.2 Å². The molecule has 0 fully saturated rings. The molecule has 0 saturated heterocycles. The molecule has 0 atom stereocenters. The highest BCUT2D eigenvalue weighted by atomic mass is 127. The maximum Gasteiger partial charge on any atom is 0.530 e. The Morgan fingerprint density at radius 3 is 2.39 bits per heavy atom. The molecule has 0 unspecified atom stereocenters. The number of rotatable bonds is 10. The second-order valence-corrected chi connectivity index (χ2v) is 8.09. The first kappa shape index (κ1) is 18.8. The SMILES string of the molecule is CCCCOP(=O)(OCCCC)Oc1c[nH]c2ccc(I)cc12. The molecule has 0 bridgehead atoms. The van der Waals surface area contributed by atoms with Gasteiger partial charge in [-0.15, -0.1) is 0 Å². The Bertz CT molecular complexity index is 659. The molecule has 0 radical (unpaired) electrons. The molecule has 1 N–H and O–H groups in total. The first-order valence-electron chi connectivity index (χ1n) is 7.93. The summed E-state index contributed by atoms with van der Waals surface area (Å²) in [6.07, 6.45) is 5.24. The summed E-state index contributed by atoms with van der Waals surface area (Å²) in [5, 5.41) is 0.871. The average Bonchev–Trinajstić information content (AvgIpc) is 2.90. The molecular formula is C16H23INO4P. The minimum absolute atomic E-state index is 0.361. The van der Waals surface area contributed by atoms with Crippen molar-refractivity contribution in [2.75, 3.05) is 13.2 Å². The minimum Gasteiger partial charge on any atom is -0.402 e. The fourth-order valence-electron chi connectivity index (χ4n) is 1.99. The first-order chi connectivity index (χ1) is 11.1. The topological polar surface area (TPSA) is 60.6 Å². The van der Waals surface area contributed by atoms with Gasteiger partial charge in [0.2, 0.25) is 0 Å². The summed E-state index contributed by atoms with van der Waals surface area (Å²) in [5.74, 6) is 0.495. The predicted molar refractivity (Wildman–Crippen MR) is 101 cm³/mol. The van der Waals surface area contributed by atoms with Crippen molar-refractivity contribution in [3.05, 3.63) is 28.0 Å². The van der Waals surface area contributed by atoms with Crippen molar-refractivity contribution < 1.29 is 18.1 Å². The van der Waals surface area contributed by atoms with Gasteiger partial charge >= 0.3 is 7.82 Å². The third-order valence-electron chi connectivity index (χ3n) is 3.31. The number of H-pyrrole nitrogens is 1. The van der Waals surface area contributed by atoms with Crippen molar-refractivity contribution >= 4 is 41.3 Å². The van der Waals surface area contributed by atoms with Gasteiger partial charge in [-0.3, -0.25) is 9.05 Å². The van der Waals surface area contributed by atoms with Crippen LogP contribution in [-0.2, 0) is 13.6 Å². The van der Waals surface area contributed by atoms with Crippen LogP contribution in [0.15, 0.2) is 24.4 Å². The van der Waals surface area contributed by atoms with Crippen LogP contribution in [-0.4, -0.2) is 18.2 Å². The molecule has 0 aliphatic heterocycles. The molecule has 1 heterocycles. The minimum atomic E-state index is -3.61. The van der Waals surface area contributed by atoms with Crippen LogP contribution < -0.4 is 4.52 Å². The highest BCUT2D eigenvalue weighted by Crippen LogP contribution is 2.51. The lowest BCUT2D eigenvalue weighted by Crippen LogP contribution is -2.04. The number of hydrogen-bond acceptors (Lipinski definition) is 4. The van der Waals surface area contributed by atoms with Gasteiger partial charge in [0.05, 0.1) is 13.2 Å². The van der Waals surface area contributed by atoms with E-state index in [1.54, 1.807) is 6.20 Å². The molecule has 5 nitrogen and oxygen atoms in total. The van der Waals surface area contributed by atoms with E-state index in [0.29, 0.717) is 19.0 Å². The van der Waals surface area contributed by atoms with Crippen LogP contribution in [0.5, 0.6) is 5.75 Å². The summed E-state index contributed by atoms with van der Waals surface area (Å²) in [6, 6.07) is 5.94. The van der Waals surface area contributed by atoms with E-state index < -0.39 is 7.82 Å². The van der Waals surface area contributed by atoms with Crippen LogP contribution in [0.1, 0.15) is 39.5 Å². The van der Waals surface area contributed by atoms with E-state index in [1.165, 1.54) is 0 Å². The van der Waals surface area contributed by atoms with Crippen LogP contribution in [0.25, 0.3) is 10.9 Å². The molecule has 1 aromatic carbocycles. The van der Waals surface area contributed by atoms with Crippen molar-refractivity contribution in [2.24, 2.45) is 0 Å². The Labute approximate surface area is 150 Å². The number of fused-ring (bicyclic) bond motifs is 1. The number of phosphoric acid groups is 1. The number of aromatic amines is 1. The standard InChI is InChI=1S/C16H23INO4P/c1-3-5-9-20-23(19,21-10-6-4-2)22-16-12-18-15-8-7-13(17)11-14(15)16/h7-8,11-12,18H,3-6,9-10H2,1-2H3. The molecule has 7 heteroatoms. The van der Waals surface area contributed by atoms with E-state index in [0.717, 1.165) is 40.2 Å². The van der Waals surface area contributed by atoms with Crippen LogP contribution in [0, 0.1) is 3.57 Å². The Balaban J connectivity index is 2.17. The fourth-order valence-corrected chi connectivity index (χ4v) is 3.76. The third-order valence-corrected chi connectivity index (χ3v) is 5.40. The van der Waals surface area contributed by atoms with Crippen LogP contribution in [0.4, 0.5) is 0 Å². The first-order valence-corrected chi connectivity index (χ1v) is 10.5. The lowest BCUT2D eigenvalue weighted by atomic mass is 10.2. The average molecular weight is 451 g/mol. The number of phosphoric ester groups is 1. The molecule has 0 spiro atoms. The number of benzene rings is 1. The Morgan fingerprint density at radius 2 is 1.78 bits per heavy atom. The van der Waals surface area contributed by atoms with E-state index in [9.17, 15) is 4.57 Å². The molecule has 0 aliphatic rings. The highest BCUT2D eigenvalue weighted by molar-refractivity contribution is 14.1. The molecule has 128 valence electrons. The molecule has 0 aliphatic carbocycles. The Hall–Kier alpha value is -0.560. The van der Waals surface area contributed by atoms with Crippen LogP contribution in [0.2, 0.25) is 0 Å². The normalized spacial score (nSPS) is 12.0. The largest absolute Gasteiger partial charge is 0.530 e. The van der Waals surface area contributed by atoms with Crippen molar-refractivity contribution in [1.29, 1.82) is 0 Å².